The second-order valence-electron chi connectivity index (χ2n) is 3.44. The first kappa shape index (κ1) is 14.1. The van der Waals surface area contributed by atoms with Crippen molar-refractivity contribution in [2.45, 2.75) is 6.42 Å². The topological polar surface area (TPSA) is 110 Å². The van der Waals surface area contributed by atoms with Gasteiger partial charge in [0.15, 0.2) is 0 Å². The average molecular weight is 324 g/mol. The molecule has 0 aromatic carbocycles. The smallest absolute Gasteiger partial charge is 0.239 e. The van der Waals surface area contributed by atoms with E-state index in [2.05, 4.69) is 36.6 Å². The minimum absolute atomic E-state index is 0.144. The molecule has 0 unspecified atom stereocenters. The molecule has 17 heavy (non-hydrogen) atoms. The van der Waals surface area contributed by atoms with Gasteiger partial charge in [0.25, 0.3) is 0 Å². The lowest BCUT2D eigenvalue weighted by Gasteiger charge is -2.08. The number of nitrogens with two attached hydrogens (primary N) is 1. The highest BCUT2D eigenvalue weighted by atomic mass is 79.9. The Kier molecular flexibility index (Phi) is 5.09. The van der Waals surface area contributed by atoms with Crippen LogP contribution in [-0.2, 0) is 9.84 Å². The number of hydrogen-bond acceptors (Lipinski definition) is 7. The highest BCUT2D eigenvalue weighted by Gasteiger charge is 2.05. The summed E-state index contributed by atoms with van der Waals surface area (Å²) in [5.74, 6) is 6.19. The van der Waals surface area contributed by atoms with Gasteiger partial charge in [0.05, 0.1) is 10.2 Å². The van der Waals surface area contributed by atoms with Crippen molar-refractivity contribution in [1.29, 1.82) is 0 Å². The lowest BCUT2D eigenvalue weighted by atomic mass is 10.4. The molecule has 1 rings (SSSR count). The number of sulfone groups is 1. The van der Waals surface area contributed by atoms with Gasteiger partial charge in [0.2, 0.25) is 5.95 Å². The van der Waals surface area contributed by atoms with Crippen molar-refractivity contribution >= 4 is 37.5 Å². The fourth-order valence-corrected chi connectivity index (χ4v) is 2.10. The van der Waals surface area contributed by atoms with E-state index in [0.29, 0.717) is 29.2 Å². The Morgan fingerprint density at radius 1 is 1.53 bits per heavy atom. The lowest BCUT2D eigenvalue weighted by molar-refractivity contribution is 0.600. The summed E-state index contributed by atoms with van der Waals surface area (Å²) in [5, 5.41) is 3.00. The highest BCUT2D eigenvalue weighted by molar-refractivity contribution is 9.10. The molecule has 0 amide bonds. The lowest BCUT2D eigenvalue weighted by Crippen LogP contribution is -2.14. The summed E-state index contributed by atoms with van der Waals surface area (Å²) in [5.41, 5.74) is 2.33. The van der Waals surface area contributed by atoms with Crippen molar-refractivity contribution in [2.24, 2.45) is 5.84 Å². The van der Waals surface area contributed by atoms with Crippen LogP contribution in [0.3, 0.4) is 0 Å². The number of nitrogens with zero attached hydrogens (tertiary/aromatic N) is 2. The Balaban J connectivity index is 2.51. The molecule has 0 aliphatic heterocycles. The molecule has 1 heterocycles. The zero-order chi connectivity index (χ0) is 12.9. The molecular formula is C8H14BrN5O2S. The minimum atomic E-state index is -2.92. The molecule has 0 radical (unpaired) electrons. The zero-order valence-electron chi connectivity index (χ0n) is 9.27. The van der Waals surface area contributed by atoms with Crippen LogP contribution in [0, 0.1) is 0 Å². The first-order chi connectivity index (χ1) is 7.92. The zero-order valence-corrected chi connectivity index (χ0v) is 11.7. The van der Waals surface area contributed by atoms with Gasteiger partial charge in [-0.15, -0.1) is 0 Å². The van der Waals surface area contributed by atoms with E-state index >= 15 is 0 Å². The van der Waals surface area contributed by atoms with E-state index in [4.69, 9.17) is 5.84 Å². The molecule has 4 N–H and O–H groups in total. The van der Waals surface area contributed by atoms with E-state index in [9.17, 15) is 8.42 Å². The van der Waals surface area contributed by atoms with Crippen LogP contribution in [0.5, 0.6) is 0 Å². The first-order valence-corrected chi connectivity index (χ1v) is 7.68. The van der Waals surface area contributed by atoms with E-state index in [1.807, 2.05) is 0 Å². The van der Waals surface area contributed by atoms with Crippen molar-refractivity contribution < 1.29 is 8.42 Å². The van der Waals surface area contributed by atoms with Gasteiger partial charge in [-0.05, 0) is 22.4 Å². The van der Waals surface area contributed by atoms with Crippen LogP contribution in [-0.4, -0.2) is 36.9 Å². The number of aromatic nitrogens is 2. The van der Waals surface area contributed by atoms with Gasteiger partial charge in [0.1, 0.15) is 15.7 Å². The van der Waals surface area contributed by atoms with Crippen molar-refractivity contribution in [3.63, 3.8) is 0 Å². The van der Waals surface area contributed by atoms with E-state index in [1.54, 1.807) is 6.20 Å². The predicted molar refractivity (Wildman–Crippen MR) is 70.4 cm³/mol. The molecule has 0 atom stereocenters. The second kappa shape index (κ2) is 6.12. The number of rotatable bonds is 6. The maximum absolute atomic E-state index is 10.9. The van der Waals surface area contributed by atoms with Crippen LogP contribution in [0.4, 0.5) is 11.8 Å². The molecule has 1 aromatic heterocycles. The van der Waals surface area contributed by atoms with Gasteiger partial charge in [-0.3, -0.25) is 5.43 Å². The van der Waals surface area contributed by atoms with Crippen LogP contribution in [0.15, 0.2) is 10.7 Å². The molecule has 0 fully saturated rings. The first-order valence-electron chi connectivity index (χ1n) is 4.83. The van der Waals surface area contributed by atoms with Crippen LogP contribution < -0.4 is 16.6 Å². The van der Waals surface area contributed by atoms with Crippen molar-refractivity contribution in [2.75, 3.05) is 29.3 Å². The summed E-state index contributed by atoms with van der Waals surface area (Å²) in [7, 11) is -2.92. The molecule has 0 saturated heterocycles. The van der Waals surface area contributed by atoms with Crippen LogP contribution in [0.1, 0.15) is 6.42 Å². The maximum atomic E-state index is 10.9. The van der Waals surface area contributed by atoms with Crippen molar-refractivity contribution in [3.8, 4) is 0 Å². The fraction of sp³-hybridized carbons (Fsp3) is 0.500. The second-order valence-corrected chi connectivity index (χ2v) is 6.56. The molecule has 0 spiro atoms. The Morgan fingerprint density at radius 2 is 2.24 bits per heavy atom. The molecule has 7 nitrogen and oxygen atoms in total. The van der Waals surface area contributed by atoms with Crippen LogP contribution in [0.25, 0.3) is 0 Å². The monoisotopic (exact) mass is 323 g/mol. The SMILES string of the molecule is CS(=O)(=O)CCCNc1nc(NN)ncc1Br. The largest absolute Gasteiger partial charge is 0.369 e. The molecular weight excluding hydrogens is 310 g/mol. The maximum Gasteiger partial charge on any atom is 0.239 e. The van der Waals surface area contributed by atoms with Crippen LogP contribution in [0.2, 0.25) is 0 Å². The summed E-state index contributed by atoms with van der Waals surface area (Å²) < 4.78 is 22.5. The summed E-state index contributed by atoms with van der Waals surface area (Å²) in [6.45, 7) is 0.507. The third-order valence-electron chi connectivity index (χ3n) is 1.86. The number of anilines is 2. The summed E-state index contributed by atoms with van der Waals surface area (Å²) >= 11 is 3.28. The van der Waals surface area contributed by atoms with Crippen LogP contribution >= 0.6 is 15.9 Å². The molecule has 1 aromatic rings. The van der Waals surface area contributed by atoms with Crippen molar-refractivity contribution in [1.82, 2.24) is 9.97 Å². The van der Waals surface area contributed by atoms with Gasteiger partial charge in [-0.1, -0.05) is 0 Å². The normalized spacial score (nSPS) is 11.2. The molecule has 9 heteroatoms. The summed E-state index contributed by atoms with van der Waals surface area (Å²) in [4.78, 5) is 7.97. The Morgan fingerprint density at radius 3 is 2.82 bits per heavy atom. The highest BCUT2D eigenvalue weighted by Crippen LogP contribution is 2.19. The standard InChI is InChI=1S/C8H14BrN5O2S/c1-17(15,16)4-2-3-11-7-6(9)5-12-8(13-7)14-10/h5H,2-4,10H2,1H3,(H2,11,12,13,14). The number of nitrogen functional groups attached to an aromatic ring is 1. The Bertz CT molecular complexity index is 479. The van der Waals surface area contributed by atoms with Gasteiger partial charge in [-0.2, -0.15) is 4.98 Å². The van der Waals surface area contributed by atoms with E-state index in [0.717, 1.165) is 0 Å². The number of halogens is 1. The van der Waals surface area contributed by atoms with E-state index in [-0.39, 0.29) is 5.75 Å². The van der Waals surface area contributed by atoms with Gasteiger partial charge in [0, 0.05) is 19.0 Å². The Hall–Kier alpha value is -0.930. The molecule has 96 valence electrons. The van der Waals surface area contributed by atoms with Gasteiger partial charge < -0.3 is 5.32 Å². The predicted octanol–water partition coefficient (Wildman–Crippen LogP) is 0.371. The molecule has 0 aliphatic carbocycles. The summed E-state index contributed by atoms with van der Waals surface area (Å²) in [6.07, 6.45) is 3.28. The van der Waals surface area contributed by atoms with Crippen molar-refractivity contribution in [3.05, 3.63) is 10.7 Å². The minimum Gasteiger partial charge on any atom is -0.369 e. The quantitative estimate of drug-likeness (QED) is 0.394. The molecule has 0 saturated carbocycles. The number of hydrazine groups is 1. The number of hydrogen-bond donors (Lipinski definition) is 3. The Labute approximate surface area is 108 Å². The molecule has 0 bridgehead atoms. The number of nitrogens with one attached hydrogen (secondary N) is 2. The summed E-state index contributed by atoms with van der Waals surface area (Å²) in [6, 6.07) is 0. The average Bonchev–Trinajstić information content (AvgIpc) is 2.25. The van der Waals surface area contributed by atoms with Gasteiger partial charge >= 0.3 is 0 Å². The molecule has 0 aliphatic rings. The van der Waals surface area contributed by atoms with E-state index in [1.165, 1.54) is 6.26 Å². The third kappa shape index (κ3) is 5.29. The third-order valence-corrected chi connectivity index (χ3v) is 3.47. The fourth-order valence-electron chi connectivity index (χ4n) is 1.10. The van der Waals surface area contributed by atoms with E-state index < -0.39 is 9.84 Å². The van der Waals surface area contributed by atoms with Gasteiger partial charge in [-0.25, -0.2) is 19.2 Å².